The zero-order chi connectivity index (χ0) is 26.5. The zero-order valence-electron chi connectivity index (χ0n) is 20.0. The van der Waals surface area contributed by atoms with Crippen molar-refractivity contribution < 1.29 is 33.3 Å². The Labute approximate surface area is 229 Å². The molecule has 1 saturated heterocycles. The number of hydrogen-bond donors (Lipinski definition) is 0. The number of esters is 3. The number of thioether (sulfide) groups is 1. The highest BCUT2D eigenvalue weighted by atomic mass is 79.9. The van der Waals surface area contributed by atoms with Crippen LogP contribution < -0.4 is 0 Å². The molecule has 37 heavy (non-hydrogen) atoms. The van der Waals surface area contributed by atoms with Gasteiger partial charge < -0.3 is 18.9 Å². The number of thiophene rings is 1. The van der Waals surface area contributed by atoms with E-state index in [0.717, 1.165) is 14.2 Å². The molecule has 0 spiro atoms. The van der Waals surface area contributed by atoms with E-state index in [1.807, 2.05) is 23.6 Å². The third-order valence-corrected chi connectivity index (χ3v) is 7.63. The number of carbonyl (C=O) groups excluding carboxylic acids is 3. The molecule has 0 bridgehead atoms. The largest absolute Gasteiger partial charge is 0.463 e. The topological polar surface area (TPSA) is 132 Å². The van der Waals surface area contributed by atoms with Crippen molar-refractivity contribution in [3.05, 3.63) is 46.6 Å². The number of hydrogen-bond acceptors (Lipinski definition) is 12. The molecule has 3 aromatic heterocycles. The average Bonchev–Trinajstić information content (AvgIpc) is 3.51. The number of aromatic nitrogens is 4. The molecule has 0 N–H and O–H groups in total. The van der Waals surface area contributed by atoms with Crippen LogP contribution in [-0.4, -0.2) is 68.2 Å². The maximum Gasteiger partial charge on any atom is 0.303 e. The van der Waals surface area contributed by atoms with Crippen molar-refractivity contribution in [3.8, 4) is 10.6 Å². The SMILES string of the molecule is CC(=O)OCC1OC(Sc2cncc(Br)c2)C(OC(C)=O)C(n2cc(-c3cccs3)nn2)C1OC(C)=O. The molecule has 4 heterocycles. The minimum atomic E-state index is -1.02. The van der Waals surface area contributed by atoms with E-state index in [1.54, 1.807) is 18.6 Å². The first kappa shape index (κ1) is 27.2. The summed E-state index contributed by atoms with van der Waals surface area (Å²) in [6, 6.07) is 4.79. The third kappa shape index (κ3) is 6.94. The van der Waals surface area contributed by atoms with Gasteiger partial charge in [-0.3, -0.25) is 19.4 Å². The Morgan fingerprint density at radius 2 is 1.89 bits per heavy atom. The van der Waals surface area contributed by atoms with Crippen LogP contribution in [0.4, 0.5) is 0 Å². The number of rotatable bonds is 8. The molecule has 3 aromatic rings. The van der Waals surface area contributed by atoms with Crippen molar-refractivity contribution in [2.45, 2.75) is 55.5 Å². The van der Waals surface area contributed by atoms with E-state index in [1.165, 1.54) is 48.6 Å². The van der Waals surface area contributed by atoms with Crippen molar-refractivity contribution in [1.82, 2.24) is 20.0 Å². The predicted octanol–water partition coefficient (Wildman–Crippen LogP) is 3.65. The van der Waals surface area contributed by atoms with Crippen LogP contribution in [0.3, 0.4) is 0 Å². The molecule has 0 aromatic carbocycles. The normalized spacial score (nSPS) is 23.3. The summed E-state index contributed by atoms with van der Waals surface area (Å²) in [5, 5.41) is 10.5. The fourth-order valence-electron chi connectivity index (χ4n) is 3.83. The first-order valence-corrected chi connectivity index (χ1v) is 13.6. The third-order valence-electron chi connectivity index (χ3n) is 5.19. The minimum absolute atomic E-state index is 0.198. The van der Waals surface area contributed by atoms with Gasteiger partial charge in [-0.15, -0.1) is 16.4 Å². The summed E-state index contributed by atoms with van der Waals surface area (Å²) in [5.41, 5.74) is -0.201. The van der Waals surface area contributed by atoms with Crippen LogP contribution in [0.2, 0.25) is 0 Å². The van der Waals surface area contributed by atoms with E-state index >= 15 is 0 Å². The van der Waals surface area contributed by atoms with Gasteiger partial charge in [0.1, 0.15) is 29.9 Å². The van der Waals surface area contributed by atoms with Crippen LogP contribution >= 0.6 is 39.0 Å². The van der Waals surface area contributed by atoms with Gasteiger partial charge in [-0.2, -0.15) is 0 Å². The van der Waals surface area contributed by atoms with E-state index in [4.69, 9.17) is 18.9 Å². The van der Waals surface area contributed by atoms with Gasteiger partial charge in [0.15, 0.2) is 12.2 Å². The van der Waals surface area contributed by atoms with Crippen LogP contribution in [0.15, 0.2) is 51.5 Å². The smallest absolute Gasteiger partial charge is 0.303 e. The quantitative estimate of drug-likeness (QED) is 0.273. The number of halogens is 1. The lowest BCUT2D eigenvalue weighted by molar-refractivity contribution is -0.212. The summed E-state index contributed by atoms with van der Waals surface area (Å²) in [6.45, 7) is 3.61. The Morgan fingerprint density at radius 1 is 1.14 bits per heavy atom. The van der Waals surface area contributed by atoms with E-state index in [-0.39, 0.29) is 6.61 Å². The molecule has 0 amide bonds. The van der Waals surface area contributed by atoms with Crippen LogP contribution in [-0.2, 0) is 33.3 Å². The fraction of sp³-hybridized carbons (Fsp3) is 0.391. The first-order chi connectivity index (χ1) is 17.7. The van der Waals surface area contributed by atoms with Crippen LogP contribution in [0, 0.1) is 0 Å². The van der Waals surface area contributed by atoms with Crippen LogP contribution in [0.25, 0.3) is 10.6 Å². The number of nitrogens with zero attached hydrogens (tertiary/aromatic N) is 4. The highest BCUT2D eigenvalue weighted by Crippen LogP contribution is 2.41. The van der Waals surface area contributed by atoms with Crippen molar-refractivity contribution in [2.24, 2.45) is 0 Å². The standard InChI is InChI=1S/C23H23BrN4O7S2/c1-12(29)32-11-18-21(33-13(2)30)20(28-10-17(26-27-28)19-5-4-6-36-19)22(34-14(3)31)23(35-18)37-16-7-15(24)8-25-9-16/h4-10,18,20-23H,11H2,1-3H3. The van der Waals surface area contributed by atoms with Gasteiger partial charge in [-0.05, 0) is 33.4 Å². The second kappa shape index (κ2) is 12.2. The zero-order valence-corrected chi connectivity index (χ0v) is 23.2. The average molecular weight is 611 g/mol. The molecule has 1 fully saturated rings. The molecule has 5 unspecified atom stereocenters. The summed E-state index contributed by atoms with van der Waals surface area (Å²) in [7, 11) is 0. The molecule has 14 heteroatoms. The van der Waals surface area contributed by atoms with Gasteiger partial charge >= 0.3 is 17.9 Å². The van der Waals surface area contributed by atoms with Gasteiger partial charge in [0.2, 0.25) is 0 Å². The lowest BCUT2D eigenvalue weighted by Gasteiger charge is -2.44. The monoisotopic (exact) mass is 610 g/mol. The second-order valence-corrected chi connectivity index (χ2v) is 11.0. The van der Waals surface area contributed by atoms with Crippen LogP contribution in [0.5, 0.6) is 0 Å². The maximum atomic E-state index is 12.2. The lowest BCUT2D eigenvalue weighted by Crippen LogP contribution is -2.57. The molecule has 196 valence electrons. The predicted molar refractivity (Wildman–Crippen MR) is 137 cm³/mol. The molecule has 0 radical (unpaired) electrons. The number of carbonyl (C=O) groups is 3. The lowest BCUT2D eigenvalue weighted by atomic mass is 9.96. The molecule has 11 nitrogen and oxygen atoms in total. The summed E-state index contributed by atoms with van der Waals surface area (Å²) in [5.74, 6) is -1.67. The maximum absolute atomic E-state index is 12.2. The molecule has 0 saturated carbocycles. The summed E-state index contributed by atoms with van der Waals surface area (Å²) < 4.78 is 25.2. The number of ether oxygens (including phenoxy) is 4. The van der Waals surface area contributed by atoms with E-state index in [0.29, 0.717) is 5.69 Å². The molecule has 1 aliphatic heterocycles. The van der Waals surface area contributed by atoms with E-state index in [2.05, 4.69) is 31.2 Å². The minimum Gasteiger partial charge on any atom is -0.463 e. The molecular formula is C23H23BrN4O7S2. The molecule has 0 aliphatic carbocycles. The Balaban J connectivity index is 1.78. The first-order valence-electron chi connectivity index (χ1n) is 11.1. The summed E-state index contributed by atoms with van der Waals surface area (Å²) >= 11 is 6.15. The summed E-state index contributed by atoms with van der Waals surface area (Å²) in [6.07, 6.45) is 2.10. The molecule has 5 atom stereocenters. The van der Waals surface area contributed by atoms with Crippen LogP contribution in [0.1, 0.15) is 26.8 Å². The highest BCUT2D eigenvalue weighted by molar-refractivity contribution is 9.10. The highest BCUT2D eigenvalue weighted by Gasteiger charge is 2.52. The van der Waals surface area contributed by atoms with Gasteiger partial charge in [-0.1, -0.05) is 23.0 Å². The molecule has 4 rings (SSSR count). The van der Waals surface area contributed by atoms with Crippen molar-refractivity contribution in [1.29, 1.82) is 0 Å². The van der Waals surface area contributed by atoms with Crippen molar-refractivity contribution in [3.63, 3.8) is 0 Å². The second-order valence-electron chi connectivity index (χ2n) is 8.00. The molecule has 1 aliphatic rings. The Hall–Kier alpha value is -2.81. The Kier molecular flexibility index (Phi) is 8.95. The fourth-order valence-corrected chi connectivity index (χ4v) is 6.15. The van der Waals surface area contributed by atoms with Gasteiger partial charge in [0, 0.05) is 42.5 Å². The van der Waals surface area contributed by atoms with Gasteiger partial charge in [0.05, 0.1) is 11.1 Å². The van der Waals surface area contributed by atoms with Crippen molar-refractivity contribution >= 4 is 56.9 Å². The summed E-state index contributed by atoms with van der Waals surface area (Å²) in [4.78, 5) is 41.8. The Bertz CT molecular complexity index is 1260. The molecular weight excluding hydrogens is 588 g/mol. The Morgan fingerprint density at radius 3 is 2.54 bits per heavy atom. The van der Waals surface area contributed by atoms with E-state index < -0.39 is 47.7 Å². The van der Waals surface area contributed by atoms with E-state index in [9.17, 15) is 14.4 Å². The van der Waals surface area contributed by atoms with Crippen molar-refractivity contribution in [2.75, 3.05) is 6.61 Å². The number of pyridine rings is 1. The van der Waals surface area contributed by atoms with Gasteiger partial charge in [-0.25, -0.2) is 4.68 Å². The van der Waals surface area contributed by atoms with Gasteiger partial charge in [0.25, 0.3) is 0 Å².